The molecule has 0 N–H and O–H groups in total. The zero-order chi connectivity index (χ0) is 10.8. The number of aldehydes is 1. The first-order valence-corrected chi connectivity index (χ1v) is 5.73. The van der Waals surface area contributed by atoms with Crippen molar-refractivity contribution in [3.63, 3.8) is 0 Å². The van der Waals surface area contributed by atoms with Crippen molar-refractivity contribution in [3.05, 3.63) is 46.0 Å². The fourth-order valence-corrected chi connectivity index (χ4v) is 2.18. The molecule has 1 aromatic carbocycles. The summed E-state index contributed by atoms with van der Waals surface area (Å²) >= 11 is 3.42. The number of hydrogen-bond donors (Lipinski definition) is 0. The fraction of sp³-hybridized carbons (Fsp3) is 0.154. The molecular weight excluding hydrogens is 252 g/mol. The summed E-state index contributed by atoms with van der Waals surface area (Å²) in [6.07, 6.45) is 5.99. The van der Waals surface area contributed by atoms with Crippen LogP contribution in [0.3, 0.4) is 0 Å². The van der Waals surface area contributed by atoms with Crippen molar-refractivity contribution in [1.29, 1.82) is 0 Å². The molecule has 0 amide bonds. The maximum Gasteiger partial charge on any atom is 0.150 e. The molecule has 0 aliphatic heterocycles. The maximum absolute atomic E-state index is 10.9. The van der Waals surface area contributed by atoms with Crippen molar-refractivity contribution in [2.75, 3.05) is 0 Å². The van der Waals surface area contributed by atoms with Crippen LogP contribution in [0.4, 0.5) is 0 Å². The van der Waals surface area contributed by atoms with E-state index in [9.17, 15) is 4.79 Å². The van der Waals surface area contributed by atoms with Crippen LogP contribution in [0.1, 0.15) is 24.5 Å². The third-order valence-corrected chi connectivity index (χ3v) is 2.96. The topological polar surface area (TPSA) is 17.1 Å². The summed E-state index contributed by atoms with van der Waals surface area (Å²) in [5.74, 6) is 0. The summed E-state index contributed by atoms with van der Waals surface area (Å²) in [6, 6.07) is 6.05. The van der Waals surface area contributed by atoms with E-state index in [0.717, 1.165) is 39.5 Å². The van der Waals surface area contributed by atoms with Crippen molar-refractivity contribution in [1.82, 2.24) is 0 Å². The van der Waals surface area contributed by atoms with Crippen LogP contribution in [0, 0.1) is 0 Å². The van der Waals surface area contributed by atoms with Gasteiger partial charge in [0.1, 0.15) is 0 Å². The first-order valence-electron chi connectivity index (χ1n) is 4.93. The van der Waals surface area contributed by atoms with Gasteiger partial charge >= 0.3 is 0 Å². The number of carbonyl (C=O) groups excluding carboxylic acids is 1. The van der Waals surface area contributed by atoms with E-state index in [1.54, 1.807) is 0 Å². The van der Waals surface area contributed by atoms with Crippen LogP contribution in [-0.4, -0.2) is 6.29 Å². The highest BCUT2D eigenvalue weighted by atomic mass is 79.9. The molecule has 2 heteroatoms. The van der Waals surface area contributed by atoms with Crippen LogP contribution < -0.4 is 0 Å². The summed E-state index contributed by atoms with van der Waals surface area (Å²) in [5, 5.41) is 0. The minimum atomic E-state index is 0.769. The lowest BCUT2D eigenvalue weighted by Gasteiger charge is -2.02. The molecule has 0 saturated carbocycles. The average molecular weight is 263 g/mol. The number of allylic oxidation sites excluding steroid dienone is 4. The lowest BCUT2D eigenvalue weighted by atomic mass is 10.0. The summed E-state index contributed by atoms with van der Waals surface area (Å²) in [4.78, 5) is 10.9. The van der Waals surface area contributed by atoms with Gasteiger partial charge in [-0.05, 0) is 41.3 Å². The van der Waals surface area contributed by atoms with E-state index in [2.05, 4.69) is 28.9 Å². The van der Waals surface area contributed by atoms with E-state index in [-0.39, 0.29) is 0 Å². The molecule has 15 heavy (non-hydrogen) atoms. The molecule has 0 fully saturated rings. The van der Waals surface area contributed by atoms with Gasteiger partial charge in [0.15, 0.2) is 6.29 Å². The second kappa shape index (κ2) is 4.15. The molecule has 1 aromatic rings. The van der Waals surface area contributed by atoms with E-state index in [1.807, 2.05) is 24.3 Å². The first kappa shape index (κ1) is 10.4. The Morgan fingerprint density at radius 3 is 2.80 bits per heavy atom. The van der Waals surface area contributed by atoms with Gasteiger partial charge in [0.2, 0.25) is 0 Å². The van der Waals surface area contributed by atoms with Gasteiger partial charge in [0.05, 0.1) is 0 Å². The van der Waals surface area contributed by atoms with Gasteiger partial charge in [-0.2, -0.15) is 0 Å². The molecule has 0 spiro atoms. The molecule has 76 valence electrons. The van der Waals surface area contributed by atoms with Gasteiger partial charge in [-0.25, -0.2) is 0 Å². The highest BCUT2D eigenvalue weighted by Gasteiger charge is 2.17. The van der Waals surface area contributed by atoms with Crippen LogP contribution >= 0.6 is 15.9 Å². The van der Waals surface area contributed by atoms with Gasteiger partial charge in [-0.1, -0.05) is 35.0 Å². The largest absolute Gasteiger partial charge is 0.298 e. The Bertz CT molecular complexity index is 469. The second-order valence-corrected chi connectivity index (χ2v) is 4.39. The minimum absolute atomic E-state index is 0.769. The molecule has 0 bridgehead atoms. The molecule has 1 aliphatic carbocycles. The molecule has 0 atom stereocenters. The van der Waals surface area contributed by atoms with Crippen LogP contribution in [0.5, 0.6) is 0 Å². The molecule has 0 heterocycles. The van der Waals surface area contributed by atoms with E-state index < -0.39 is 0 Å². The predicted octanol–water partition coefficient (Wildman–Crippen LogP) is 3.84. The zero-order valence-corrected chi connectivity index (χ0v) is 10.0. The Kier molecular flexibility index (Phi) is 2.87. The number of carbonyl (C=O) groups is 1. The molecule has 1 aliphatic rings. The Morgan fingerprint density at radius 1 is 1.33 bits per heavy atom. The Hall–Kier alpha value is -1.15. The summed E-state index contributed by atoms with van der Waals surface area (Å²) in [6.45, 7) is 2.10. The third-order valence-electron chi connectivity index (χ3n) is 2.47. The molecule has 0 unspecified atom stereocenters. The highest BCUT2D eigenvalue weighted by molar-refractivity contribution is 9.10. The highest BCUT2D eigenvalue weighted by Crippen LogP contribution is 2.35. The summed E-state index contributed by atoms with van der Waals surface area (Å²) < 4.78 is 1.01. The van der Waals surface area contributed by atoms with Crippen molar-refractivity contribution in [3.8, 4) is 0 Å². The summed E-state index contributed by atoms with van der Waals surface area (Å²) in [5.41, 5.74) is 4.11. The van der Waals surface area contributed by atoms with Crippen LogP contribution in [0.2, 0.25) is 0 Å². The molecular formula is C13H11BrO. The molecule has 0 saturated heterocycles. The van der Waals surface area contributed by atoms with Gasteiger partial charge < -0.3 is 0 Å². The minimum Gasteiger partial charge on any atom is -0.298 e. The predicted molar refractivity (Wildman–Crippen MR) is 66.5 cm³/mol. The van der Waals surface area contributed by atoms with Gasteiger partial charge in [0, 0.05) is 10.0 Å². The number of hydrogen-bond acceptors (Lipinski definition) is 1. The maximum atomic E-state index is 10.9. The Labute approximate surface area is 97.6 Å². The number of fused-ring (bicyclic) bond motifs is 1. The Morgan fingerprint density at radius 2 is 2.13 bits per heavy atom. The smallest absolute Gasteiger partial charge is 0.150 e. The second-order valence-electron chi connectivity index (χ2n) is 3.48. The molecule has 0 radical (unpaired) electrons. The van der Waals surface area contributed by atoms with Crippen molar-refractivity contribution >= 4 is 33.4 Å². The molecule has 0 aromatic heterocycles. The van der Waals surface area contributed by atoms with Crippen molar-refractivity contribution in [2.45, 2.75) is 13.3 Å². The van der Waals surface area contributed by atoms with Crippen molar-refractivity contribution in [2.24, 2.45) is 0 Å². The van der Waals surface area contributed by atoms with Gasteiger partial charge in [-0.3, -0.25) is 4.79 Å². The summed E-state index contributed by atoms with van der Waals surface area (Å²) in [7, 11) is 0. The Balaban J connectivity index is 2.61. The standard InChI is InChI=1S/C13H11BrO/c1-2-3-9-6-10(8-15)13-7-11(14)4-5-12(9)13/h3-8H,2H2,1H3/b9-3+. The molecule has 2 rings (SSSR count). The van der Waals surface area contributed by atoms with Gasteiger partial charge in [0.25, 0.3) is 0 Å². The van der Waals surface area contributed by atoms with E-state index in [1.165, 1.54) is 0 Å². The number of benzene rings is 1. The van der Waals surface area contributed by atoms with E-state index in [4.69, 9.17) is 0 Å². The quantitative estimate of drug-likeness (QED) is 0.741. The van der Waals surface area contributed by atoms with E-state index in [0.29, 0.717) is 0 Å². The monoisotopic (exact) mass is 262 g/mol. The fourth-order valence-electron chi connectivity index (χ4n) is 1.82. The lowest BCUT2D eigenvalue weighted by Crippen LogP contribution is -1.85. The number of rotatable bonds is 2. The van der Waals surface area contributed by atoms with Gasteiger partial charge in [-0.15, -0.1) is 0 Å². The zero-order valence-electron chi connectivity index (χ0n) is 8.46. The van der Waals surface area contributed by atoms with Crippen molar-refractivity contribution < 1.29 is 4.79 Å². The molecule has 1 nitrogen and oxygen atoms in total. The number of halogens is 1. The van der Waals surface area contributed by atoms with Crippen LogP contribution in [0.15, 0.2) is 34.8 Å². The van der Waals surface area contributed by atoms with Crippen LogP contribution in [-0.2, 0) is 4.79 Å². The van der Waals surface area contributed by atoms with Crippen LogP contribution in [0.25, 0.3) is 11.1 Å². The third kappa shape index (κ3) is 1.82. The lowest BCUT2D eigenvalue weighted by molar-refractivity contribution is -0.103. The average Bonchev–Trinajstić information content (AvgIpc) is 2.56. The SMILES string of the molecule is CC/C=C1\C=C(C=O)c2cc(Br)ccc21. The first-order chi connectivity index (χ1) is 7.26. The normalized spacial score (nSPS) is 16.4. The van der Waals surface area contributed by atoms with E-state index >= 15 is 0 Å².